The van der Waals surface area contributed by atoms with Crippen molar-refractivity contribution in [1.29, 1.82) is 0 Å². The van der Waals surface area contributed by atoms with Crippen LogP contribution in [0.4, 0.5) is 5.13 Å². The van der Waals surface area contributed by atoms with Crippen LogP contribution in [0, 0.1) is 19.3 Å². The van der Waals surface area contributed by atoms with Crippen LogP contribution in [0.2, 0.25) is 0 Å². The topological polar surface area (TPSA) is 85.1 Å². The number of nitrogen functional groups attached to an aromatic ring is 1. The van der Waals surface area contributed by atoms with Gasteiger partial charge in [0.25, 0.3) is 10.0 Å². The predicted octanol–water partition coefficient (Wildman–Crippen LogP) is 1.11. The van der Waals surface area contributed by atoms with E-state index >= 15 is 0 Å². The quantitative estimate of drug-likeness (QED) is 0.787. The second-order valence-corrected chi connectivity index (χ2v) is 6.49. The number of aromatic nitrogens is 1. The fourth-order valence-corrected chi connectivity index (χ4v) is 3.86. The molecule has 0 aliphatic heterocycles. The molecule has 5 nitrogen and oxygen atoms in total. The number of thiazole rings is 1. The van der Waals surface area contributed by atoms with Crippen molar-refractivity contribution in [3.8, 4) is 12.3 Å². The molecule has 1 aromatic rings. The number of hydrogen-bond donors (Lipinski definition) is 2. The predicted molar refractivity (Wildman–Crippen MR) is 69.1 cm³/mol. The molecule has 0 fully saturated rings. The lowest BCUT2D eigenvalue weighted by molar-refractivity contribution is 0.565. The van der Waals surface area contributed by atoms with Gasteiger partial charge in [-0.3, -0.25) is 0 Å². The highest BCUT2D eigenvalue weighted by Gasteiger charge is 2.23. The largest absolute Gasteiger partial charge is 0.375 e. The summed E-state index contributed by atoms with van der Waals surface area (Å²) in [5, 5.41) is 0.232. The maximum absolute atomic E-state index is 12.0. The molecular formula is C10H15N3O2S2. The first-order valence-corrected chi connectivity index (χ1v) is 7.42. The van der Waals surface area contributed by atoms with Gasteiger partial charge in [0.2, 0.25) is 0 Å². The number of nitrogens with one attached hydrogen (secondary N) is 1. The second kappa shape index (κ2) is 5.49. The molecule has 17 heavy (non-hydrogen) atoms. The zero-order valence-electron chi connectivity index (χ0n) is 9.73. The summed E-state index contributed by atoms with van der Waals surface area (Å²) in [5.41, 5.74) is 5.87. The van der Waals surface area contributed by atoms with Crippen LogP contribution in [0.15, 0.2) is 4.21 Å². The molecule has 7 heteroatoms. The van der Waals surface area contributed by atoms with E-state index in [1.807, 2.05) is 6.92 Å². The van der Waals surface area contributed by atoms with Gasteiger partial charge < -0.3 is 5.73 Å². The van der Waals surface area contributed by atoms with Crippen LogP contribution in [-0.2, 0) is 10.0 Å². The third kappa shape index (κ3) is 3.43. The normalized spacial score (nSPS) is 13.2. The van der Waals surface area contributed by atoms with Crippen LogP contribution in [-0.4, -0.2) is 19.4 Å². The standard InChI is InChI=1S/C10H15N3O2S2/c1-4-6-8(5-2)13-17(14,15)9-7(3)12-10(11)16-9/h2,8,13H,4,6H2,1,3H3,(H2,11,12). The van der Waals surface area contributed by atoms with E-state index in [0.717, 1.165) is 17.8 Å². The summed E-state index contributed by atoms with van der Waals surface area (Å²) < 4.78 is 26.6. The van der Waals surface area contributed by atoms with E-state index in [1.165, 1.54) is 0 Å². The van der Waals surface area contributed by atoms with Gasteiger partial charge in [0.05, 0.1) is 11.7 Å². The first-order chi connectivity index (χ1) is 7.90. The molecule has 3 N–H and O–H groups in total. The summed E-state index contributed by atoms with van der Waals surface area (Å²) in [6, 6.07) is -0.493. The van der Waals surface area contributed by atoms with Crippen LogP contribution in [0.5, 0.6) is 0 Å². The highest BCUT2D eigenvalue weighted by atomic mass is 32.2. The number of anilines is 1. The molecule has 0 aromatic carbocycles. The van der Waals surface area contributed by atoms with Gasteiger partial charge in [0, 0.05) is 0 Å². The minimum Gasteiger partial charge on any atom is -0.375 e. The lowest BCUT2D eigenvalue weighted by Gasteiger charge is -2.11. The number of nitrogens with two attached hydrogens (primary N) is 1. The molecule has 1 rings (SSSR count). The van der Waals surface area contributed by atoms with Crippen LogP contribution in [0.25, 0.3) is 0 Å². The van der Waals surface area contributed by atoms with Crippen molar-refractivity contribution in [3.63, 3.8) is 0 Å². The monoisotopic (exact) mass is 273 g/mol. The van der Waals surface area contributed by atoms with Gasteiger partial charge in [-0.2, -0.15) is 4.72 Å². The molecule has 1 heterocycles. The fraction of sp³-hybridized carbons (Fsp3) is 0.500. The van der Waals surface area contributed by atoms with E-state index in [0.29, 0.717) is 12.1 Å². The zero-order chi connectivity index (χ0) is 13.1. The average molecular weight is 273 g/mol. The number of hydrogen-bond acceptors (Lipinski definition) is 5. The Balaban J connectivity index is 2.97. The van der Waals surface area contributed by atoms with Crippen LogP contribution >= 0.6 is 11.3 Å². The third-order valence-corrected chi connectivity index (χ3v) is 5.16. The molecule has 1 aromatic heterocycles. The summed E-state index contributed by atoms with van der Waals surface area (Å²) in [6.45, 7) is 3.54. The van der Waals surface area contributed by atoms with Gasteiger partial charge in [-0.05, 0) is 13.3 Å². The summed E-state index contributed by atoms with van der Waals surface area (Å²) >= 11 is 0.939. The number of aryl methyl sites for hydroxylation is 1. The number of nitrogens with zero attached hydrogens (tertiary/aromatic N) is 1. The molecular weight excluding hydrogens is 258 g/mol. The van der Waals surface area contributed by atoms with Gasteiger partial charge in [-0.1, -0.05) is 30.6 Å². The summed E-state index contributed by atoms with van der Waals surface area (Å²) in [7, 11) is -3.62. The van der Waals surface area contributed by atoms with E-state index in [9.17, 15) is 8.42 Å². The zero-order valence-corrected chi connectivity index (χ0v) is 11.4. The molecule has 1 atom stereocenters. The van der Waals surface area contributed by atoms with E-state index < -0.39 is 16.1 Å². The molecule has 0 aliphatic rings. The first kappa shape index (κ1) is 14.0. The number of rotatable bonds is 5. The van der Waals surface area contributed by atoms with Crippen LogP contribution in [0.1, 0.15) is 25.5 Å². The Labute approximate surface area is 105 Å². The number of terminal acetylenes is 1. The molecule has 0 aliphatic carbocycles. The van der Waals surface area contributed by atoms with Gasteiger partial charge in [-0.25, -0.2) is 13.4 Å². The maximum atomic E-state index is 12.0. The summed E-state index contributed by atoms with van der Waals surface area (Å²) in [6.07, 6.45) is 6.68. The van der Waals surface area contributed by atoms with Crippen molar-refractivity contribution in [2.24, 2.45) is 0 Å². The Hall–Kier alpha value is -1.10. The van der Waals surface area contributed by atoms with Gasteiger partial charge in [0.1, 0.15) is 0 Å². The molecule has 0 bridgehead atoms. The minimum absolute atomic E-state index is 0.131. The van der Waals surface area contributed by atoms with Gasteiger partial charge in [-0.15, -0.1) is 6.42 Å². The molecule has 0 radical (unpaired) electrons. The van der Waals surface area contributed by atoms with Crippen LogP contribution < -0.4 is 10.5 Å². The Bertz CT molecular complexity index is 528. The lowest BCUT2D eigenvalue weighted by atomic mass is 10.2. The highest BCUT2D eigenvalue weighted by molar-refractivity contribution is 7.91. The van der Waals surface area contributed by atoms with Crippen molar-refractivity contribution in [2.75, 3.05) is 5.73 Å². The SMILES string of the molecule is C#CC(CCC)NS(=O)(=O)c1sc(N)nc1C. The third-order valence-electron chi connectivity index (χ3n) is 2.09. The molecule has 1 unspecified atom stereocenters. The van der Waals surface area contributed by atoms with Crippen molar-refractivity contribution < 1.29 is 8.42 Å². The van der Waals surface area contributed by atoms with E-state index in [-0.39, 0.29) is 9.34 Å². The maximum Gasteiger partial charge on any atom is 0.253 e. The Kier molecular flexibility index (Phi) is 4.51. The first-order valence-electron chi connectivity index (χ1n) is 5.12. The Morgan fingerprint density at radius 1 is 1.65 bits per heavy atom. The van der Waals surface area contributed by atoms with Crippen molar-refractivity contribution >= 4 is 26.5 Å². The molecule has 94 valence electrons. The van der Waals surface area contributed by atoms with E-state index in [1.54, 1.807) is 6.92 Å². The summed E-state index contributed by atoms with van der Waals surface area (Å²) in [5.74, 6) is 2.42. The van der Waals surface area contributed by atoms with Gasteiger partial charge >= 0.3 is 0 Å². The average Bonchev–Trinajstić information content (AvgIpc) is 2.57. The molecule has 0 saturated carbocycles. The Morgan fingerprint density at radius 2 is 2.29 bits per heavy atom. The van der Waals surface area contributed by atoms with Crippen molar-refractivity contribution in [3.05, 3.63) is 5.69 Å². The lowest BCUT2D eigenvalue weighted by Crippen LogP contribution is -2.33. The van der Waals surface area contributed by atoms with Crippen molar-refractivity contribution in [1.82, 2.24) is 9.71 Å². The minimum atomic E-state index is -3.62. The van der Waals surface area contributed by atoms with E-state index in [2.05, 4.69) is 15.6 Å². The van der Waals surface area contributed by atoms with E-state index in [4.69, 9.17) is 12.2 Å². The molecule has 0 saturated heterocycles. The summed E-state index contributed by atoms with van der Waals surface area (Å²) in [4.78, 5) is 3.88. The van der Waals surface area contributed by atoms with Gasteiger partial charge in [0.15, 0.2) is 9.34 Å². The second-order valence-electron chi connectivity index (χ2n) is 3.55. The molecule has 0 spiro atoms. The fourth-order valence-electron chi connectivity index (χ4n) is 1.36. The van der Waals surface area contributed by atoms with Crippen LogP contribution in [0.3, 0.4) is 0 Å². The highest BCUT2D eigenvalue weighted by Crippen LogP contribution is 2.24. The molecule has 0 amide bonds. The number of sulfonamides is 1. The Morgan fingerprint density at radius 3 is 2.71 bits per heavy atom. The smallest absolute Gasteiger partial charge is 0.253 e. The van der Waals surface area contributed by atoms with Crippen molar-refractivity contribution in [2.45, 2.75) is 36.9 Å².